The first-order chi connectivity index (χ1) is 11.9. The second-order valence-electron chi connectivity index (χ2n) is 5.08. The van der Waals surface area contributed by atoms with Crippen LogP contribution in [0.25, 0.3) is 5.69 Å². The minimum Gasteiger partial charge on any atom is -0.312 e. The fourth-order valence-corrected chi connectivity index (χ4v) is 3.39. The van der Waals surface area contributed by atoms with Crippen LogP contribution in [0.5, 0.6) is 0 Å². The van der Waals surface area contributed by atoms with Gasteiger partial charge in [-0.15, -0.1) is 29.3 Å². The predicted octanol–water partition coefficient (Wildman–Crippen LogP) is 3.69. The molecule has 3 aromatic rings. The molecule has 0 fully saturated rings. The number of benzene rings is 2. The van der Waals surface area contributed by atoms with Gasteiger partial charge in [0.25, 0.3) is 0 Å². The third kappa shape index (κ3) is 5.74. The lowest BCUT2D eigenvalue weighted by Gasteiger charge is -2.06. The van der Waals surface area contributed by atoms with Gasteiger partial charge >= 0.3 is 0 Å². The average Bonchev–Trinajstić information content (AvgIpc) is 3.11. The van der Waals surface area contributed by atoms with E-state index < -0.39 is 0 Å². The topological polar surface area (TPSA) is 55.6 Å². The van der Waals surface area contributed by atoms with E-state index in [1.807, 2.05) is 30.3 Å². The van der Waals surface area contributed by atoms with Gasteiger partial charge in [-0.05, 0) is 46.5 Å². The van der Waals surface area contributed by atoms with Gasteiger partial charge in [0.15, 0.2) is 0 Å². The zero-order valence-corrected chi connectivity index (χ0v) is 16.3. The van der Waals surface area contributed by atoms with Crippen molar-refractivity contribution < 1.29 is 0 Å². The highest BCUT2D eigenvalue weighted by Crippen LogP contribution is 2.17. The van der Waals surface area contributed by atoms with Crippen LogP contribution in [-0.2, 0) is 6.54 Å². The third-order valence-corrected chi connectivity index (χ3v) is 5.10. The Balaban J connectivity index is 0.00000225. The Bertz CT molecular complexity index is 749. The van der Waals surface area contributed by atoms with E-state index in [-0.39, 0.29) is 12.4 Å². The zero-order valence-electron chi connectivity index (χ0n) is 13.8. The third-order valence-electron chi connectivity index (χ3n) is 3.44. The number of aromatic nitrogens is 4. The number of nitrogens with zero attached hydrogens (tertiary/aromatic N) is 4. The van der Waals surface area contributed by atoms with Crippen molar-refractivity contribution in [1.29, 1.82) is 0 Å². The highest BCUT2D eigenvalue weighted by molar-refractivity contribution is 7.99. The van der Waals surface area contributed by atoms with E-state index in [0.29, 0.717) is 0 Å². The summed E-state index contributed by atoms with van der Waals surface area (Å²) in [5.41, 5.74) is 2.28. The number of halogens is 1. The highest BCUT2D eigenvalue weighted by Gasteiger charge is 2.07. The van der Waals surface area contributed by atoms with Crippen LogP contribution in [0.4, 0.5) is 0 Å². The Morgan fingerprint density at radius 3 is 2.52 bits per heavy atom. The number of para-hydroxylation sites is 1. The molecular weight excluding hydrogens is 374 g/mol. The Morgan fingerprint density at radius 1 is 1.04 bits per heavy atom. The molecule has 25 heavy (non-hydrogen) atoms. The molecule has 0 radical (unpaired) electrons. The molecule has 0 aliphatic rings. The maximum Gasteiger partial charge on any atom is 0.214 e. The smallest absolute Gasteiger partial charge is 0.214 e. The normalized spacial score (nSPS) is 10.4. The first-order valence-corrected chi connectivity index (χ1v) is 9.88. The minimum absolute atomic E-state index is 0. The highest BCUT2D eigenvalue weighted by atomic mass is 35.5. The van der Waals surface area contributed by atoms with Gasteiger partial charge in [0, 0.05) is 23.7 Å². The van der Waals surface area contributed by atoms with E-state index in [1.54, 1.807) is 28.2 Å². The van der Waals surface area contributed by atoms with Crippen molar-refractivity contribution in [1.82, 2.24) is 25.5 Å². The van der Waals surface area contributed by atoms with Gasteiger partial charge in [-0.1, -0.05) is 42.1 Å². The van der Waals surface area contributed by atoms with Crippen molar-refractivity contribution in [2.24, 2.45) is 0 Å². The molecule has 0 unspecified atom stereocenters. The molecule has 0 amide bonds. The Kier molecular flexibility index (Phi) is 8.27. The molecular formula is C17H20ClN5S2. The van der Waals surface area contributed by atoms with Gasteiger partial charge in [-0.25, -0.2) is 0 Å². The van der Waals surface area contributed by atoms with Crippen LogP contribution in [0, 0.1) is 0 Å². The molecule has 8 heteroatoms. The summed E-state index contributed by atoms with van der Waals surface area (Å²) in [6.45, 7) is 1.77. The van der Waals surface area contributed by atoms with Crippen LogP contribution in [0.3, 0.4) is 0 Å². The predicted molar refractivity (Wildman–Crippen MR) is 107 cm³/mol. The van der Waals surface area contributed by atoms with Crippen LogP contribution in [-0.4, -0.2) is 38.8 Å². The summed E-state index contributed by atoms with van der Waals surface area (Å²) in [5, 5.41) is 16.2. The van der Waals surface area contributed by atoms with Gasteiger partial charge in [-0.3, -0.25) is 0 Å². The molecule has 0 saturated heterocycles. The monoisotopic (exact) mass is 393 g/mol. The van der Waals surface area contributed by atoms with Crippen LogP contribution in [0.2, 0.25) is 0 Å². The number of rotatable bonds is 8. The maximum absolute atomic E-state index is 4.10. The van der Waals surface area contributed by atoms with Crippen molar-refractivity contribution in [3.8, 4) is 5.69 Å². The molecule has 1 N–H and O–H groups in total. The quantitative estimate of drug-likeness (QED) is 0.465. The lowest BCUT2D eigenvalue weighted by Crippen LogP contribution is -2.16. The number of hydrogen-bond donors (Lipinski definition) is 1. The lowest BCUT2D eigenvalue weighted by molar-refractivity contribution is 0.727. The Labute approximate surface area is 162 Å². The Morgan fingerprint density at radius 2 is 1.80 bits per heavy atom. The van der Waals surface area contributed by atoms with Crippen LogP contribution in [0.1, 0.15) is 5.56 Å². The van der Waals surface area contributed by atoms with Crippen LogP contribution in [0.15, 0.2) is 64.6 Å². The van der Waals surface area contributed by atoms with E-state index in [0.717, 1.165) is 29.7 Å². The molecule has 1 heterocycles. The number of tetrazole rings is 1. The van der Waals surface area contributed by atoms with E-state index in [2.05, 4.69) is 51.4 Å². The van der Waals surface area contributed by atoms with Crippen LogP contribution >= 0.6 is 35.9 Å². The fraction of sp³-hybridized carbons (Fsp3) is 0.235. The second kappa shape index (κ2) is 10.5. The lowest BCUT2D eigenvalue weighted by atomic mass is 10.2. The molecule has 1 aromatic heterocycles. The standard InChI is InChI=1S/C17H19N5S2.ClH/c1-23-16-9-7-14(8-10-16)13-18-11-12-24-17-19-20-21-22(17)15-5-3-2-4-6-15;/h2-10,18H,11-13H2,1H3;1H. The van der Waals surface area contributed by atoms with Crippen LogP contribution < -0.4 is 5.32 Å². The van der Waals surface area contributed by atoms with Crippen molar-refractivity contribution >= 4 is 35.9 Å². The molecule has 0 saturated carbocycles. The van der Waals surface area contributed by atoms with Crippen molar-refractivity contribution in [3.05, 3.63) is 60.2 Å². The average molecular weight is 394 g/mol. The molecule has 3 rings (SSSR count). The summed E-state index contributed by atoms with van der Waals surface area (Å²) < 4.78 is 1.77. The van der Waals surface area contributed by atoms with Gasteiger partial charge in [0.2, 0.25) is 5.16 Å². The van der Waals surface area contributed by atoms with Crippen molar-refractivity contribution in [2.45, 2.75) is 16.6 Å². The second-order valence-corrected chi connectivity index (χ2v) is 7.02. The van der Waals surface area contributed by atoms with E-state index in [9.17, 15) is 0 Å². The van der Waals surface area contributed by atoms with Gasteiger partial charge < -0.3 is 5.32 Å². The summed E-state index contributed by atoms with van der Waals surface area (Å²) in [6, 6.07) is 18.6. The zero-order chi connectivity index (χ0) is 16.6. The minimum atomic E-state index is 0. The molecule has 0 spiro atoms. The van der Waals surface area contributed by atoms with Gasteiger partial charge in [-0.2, -0.15) is 4.68 Å². The molecule has 5 nitrogen and oxygen atoms in total. The summed E-state index contributed by atoms with van der Waals surface area (Å²) in [5.74, 6) is 0.913. The molecule has 0 atom stereocenters. The van der Waals surface area contributed by atoms with Gasteiger partial charge in [0.1, 0.15) is 0 Å². The molecule has 0 aliphatic carbocycles. The SMILES string of the molecule is CSc1ccc(CNCCSc2nnnn2-c2ccccc2)cc1.Cl. The number of nitrogens with one attached hydrogen (secondary N) is 1. The summed E-state index contributed by atoms with van der Waals surface area (Å²) >= 11 is 3.41. The first kappa shape index (κ1) is 19.8. The maximum atomic E-state index is 4.10. The van der Waals surface area contributed by atoms with Crippen molar-refractivity contribution in [3.63, 3.8) is 0 Å². The van der Waals surface area contributed by atoms with E-state index >= 15 is 0 Å². The molecule has 0 bridgehead atoms. The summed E-state index contributed by atoms with van der Waals surface area (Å²) in [6.07, 6.45) is 2.09. The number of hydrogen-bond acceptors (Lipinski definition) is 6. The number of thioether (sulfide) groups is 2. The fourth-order valence-electron chi connectivity index (χ4n) is 2.19. The molecule has 2 aromatic carbocycles. The van der Waals surface area contributed by atoms with E-state index in [4.69, 9.17) is 0 Å². The summed E-state index contributed by atoms with van der Waals surface area (Å²) in [7, 11) is 0. The summed E-state index contributed by atoms with van der Waals surface area (Å²) in [4.78, 5) is 1.29. The Hall–Kier alpha value is -1.54. The first-order valence-electron chi connectivity index (χ1n) is 7.67. The van der Waals surface area contributed by atoms with Crippen molar-refractivity contribution in [2.75, 3.05) is 18.6 Å². The van der Waals surface area contributed by atoms with E-state index in [1.165, 1.54) is 10.5 Å². The largest absolute Gasteiger partial charge is 0.312 e. The molecule has 0 aliphatic heterocycles. The van der Waals surface area contributed by atoms with Gasteiger partial charge in [0.05, 0.1) is 5.69 Å². The molecule has 132 valence electrons.